The predicted octanol–water partition coefficient (Wildman–Crippen LogP) is 4.55. The Bertz CT molecular complexity index is 935. The summed E-state index contributed by atoms with van der Waals surface area (Å²) in [7, 11) is 1.85. The van der Waals surface area contributed by atoms with Crippen LogP contribution < -0.4 is 0 Å². The molecule has 0 unspecified atom stereocenters. The zero-order valence-corrected chi connectivity index (χ0v) is 16.4. The molecule has 0 aliphatic carbocycles. The molecule has 1 aromatic heterocycles. The van der Waals surface area contributed by atoms with Crippen LogP contribution in [0.25, 0.3) is 11.3 Å². The number of hydrogen-bond acceptors (Lipinski definition) is 2. The number of aromatic nitrogens is 2. The minimum atomic E-state index is -0.271. The molecule has 0 aliphatic heterocycles. The highest BCUT2D eigenvalue weighted by molar-refractivity contribution is 5.76. The summed E-state index contributed by atoms with van der Waals surface area (Å²) >= 11 is 0. The number of benzene rings is 2. The number of nitrogens with one attached hydrogen (secondary N) is 1. The maximum Gasteiger partial charge on any atom is 0.222 e. The monoisotopic (exact) mass is 379 g/mol. The van der Waals surface area contributed by atoms with Crippen LogP contribution in [0.2, 0.25) is 0 Å². The fourth-order valence-electron chi connectivity index (χ4n) is 3.23. The molecule has 0 fully saturated rings. The fourth-order valence-corrected chi connectivity index (χ4v) is 3.23. The molecule has 4 nitrogen and oxygen atoms in total. The van der Waals surface area contributed by atoms with Crippen LogP contribution >= 0.6 is 0 Å². The first-order valence-corrected chi connectivity index (χ1v) is 9.61. The lowest BCUT2D eigenvalue weighted by molar-refractivity contribution is -0.129. The third kappa shape index (κ3) is 5.52. The molecule has 1 amide bonds. The lowest BCUT2D eigenvalue weighted by Gasteiger charge is -2.17. The van der Waals surface area contributed by atoms with E-state index < -0.39 is 0 Å². The van der Waals surface area contributed by atoms with Gasteiger partial charge in [0.2, 0.25) is 5.91 Å². The Morgan fingerprint density at radius 2 is 1.93 bits per heavy atom. The second kappa shape index (κ2) is 9.31. The van der Waals surface area contributed by atoms with E-state index in [1.165, 1.54) is 23.3 Å². The van der Waals surface area contributed by atoms with E-state index in [9.17, 15) is 9.18 Å². The lowest BCUT2D eigenvalue weighted by Crippen LogP contribution is -2.28. The molecule has 1 N–H and O–H groups in total. The standard InChI is InChI=1S/C23H26FN3O/c1-17-6-3-7-18(14-17)11-12-23(28)27(2)13-5-10-21-16-22(26-25-21)19-8-4-9-20(24)15-19/h3-4,6-9,14-16H,5,10-13H2,1-2H3,(H,25,26). The number of aryl methyl sites for hydroxylation is 3. The van der Waals surface area contributed by atoms with Crippen molar-refractivity contribution in [2.45, 2.75) is 32.6 Å². The molecular weight excluding hydrogens is 353 g/mol. The van der Waals surface area contributed by atoms with Gasteiger partial charge in [-0.2, -0.15) is 5.10 Å². The smallest absolute Gasteiger partial charge is 0.222 e. The summed E-state index contributed by atoms with van der Waals surface area (Å²) in [6, 6.07) is 16.6. The Morgan fingerprint density at radius 3 is 2.71 bits per heavy atom. The van der Waals surface area contributed by atoms with E-state index in [2.05, 4.69) is 35.3 Å². The highest BCUT2D eigenvalue weighted by Gasteiger charge is 2.10. The molecule has 1 heterocycles. The number of nitrogens with zero attached hydrogens (tertiary/aromatic N) is 2. The van der Waals surface area contributed by atoms with Gasteiger partial charge >= 0.3 is 0 Å². The lowest BCUT2D eigenvalue weighted by atomic mass is 10.1. The van der Waals surface area contributed by atoms with Crippen LogP contribution in [0.1, 0.15) is 29.7 Å². The van der Waals surface area contributed by atoms with Gasteiger partial charge in [0, 0.05) is 31.3 Å². The van der Waals surface area contributed by atoms with Crippen LogP contribution in [0, 0.1) is 12.7 Å². The van der Waals surface area contributed by atoms with Crippen molar-refractivity contribution in [3.05, 3.63) is 77.2 Å². The van der Waals surface area contributed by atoms with Gasteiger partial charge in [0.05, 0.1) is 5.69 Å². The Morgan fingerprint density at radius 1 is 1.11 bits per heavy atom. The van der Waals surface area contributed by atoms with Gasteiger partial charge in [-0.05, 0) is 49.9 Å². The zero-order valence-electron chi connectivity index (χ0n) is 16.4. The number of carbonyl (C=O) groups excluding carboxylic acids is 1. The van der Waals surface area contributed by atoms with Crippen molar-refractivity contribution >= 4 is 5.91 Å². The molecule has 0 aliphatic rings. The van der Waals surface area contributed by atoms with E-state index in [4.69, 9.17) is 0 Å². The van der Waals surface area contributed by atoms with Crippen LogP contribution in [0.15, 0.2) is 54.6 Å². The highest BCUT2D eigenvalue weighted by Crippen LogP contribution is 2.19. The normalized spacial score (nSPS) is 10.8. The van der Waals surface area contributed by atoms with Crippen LogP contribution in [-0.2, 0) is 17.6 Å². The first-order chi connectivity index (χ1) is 13.5. The average Bonchev–Trinajstić information content (AvgIpc) is 3.15. The van der Waals surface area contributed by atoms with Gasteiger partial charge < -0.3 is 4.90 Å². The topological polar surface area (TPSA) is 49.0 Å². The van der Waals surface area contributed by atoms with E-state index in [1.807, 2.05) is 25.2 Å². The van der Waals surface area contributed by atoms with Crippen LogP contribution in [0.5, 0.6) is 0 Å². The van der Waals surface area contributed by atoms with E-state index >= 15 is 0 Å². The number of rotatable bonds is 8. The number of carbonyl (C=O) groups is 1. The molecule has 28 heavy (non-hydrogen) atoms. The number of hydrogen-bond donors (Lipinski definition) is 1. The Labute approximate surface area is 165 Å². The van der Waals surface area contributed by atoms with Gasteiger partial charge in [-0.3, -0.25) is 9.89 Å². The van der Waals surface area contributed by atoms with Crippen molar-refractivity contribution in [1.82, 2.24) is 15.1 Å². The van der Waals surface area contributed by atoms with E-state index in [-0.39, 0.29) is 11.7 Å². The quantitative estimate of drug-likeness (QED) is 0.624. The molecular formula is C23H26FN3O. The highest BCUT2D eigenvalue weighted by atomic mass is 19.1. The van der Waals surface area contributed by atoms with Crippen molar-refractivity contribution in [3.63, 3.8) is 0 Å². The number of aromatic amines is 1. The number of halogens is 1. The predicted molar refractivity (Wildman–Crippen MR) is 109 cm³/mol. The van der Waals surface area contributed by atoms with Gasteiger partial charge in [0.15, 0.2) is 0 Å². The average molecular weight is 379 g/mol. The van der Waals surface area contributed by atoms with Crippen LogP contribution in [0.4, 0.5) is 4.39 Å². The molecule has 0 radical (unpaired) electrons. The van der Waals surface area contributed by atoms with E-state index in [1.54, 1.807) is 11.0 Å². The summed E-state index contributed by atoms with van der Waals surface area (Å²) < 4.78 is 13.3. The molecule has 2 aromatic carbocycles. The summed E-state index contributed by atoms with van der Waals surface area (Å²) in [6.45, 7) is 2.76. The molecule has 0 saturated carbocycles. The Hall–Kier alpha value is -2.95. The van der Waals surface area contributed by atoms with Gasteiger partial charge in [0.1, 0.15) is 5.82 Å². The maximum absolute atomic E-state index is 13.3. The van der Waals surface area contributed by atoms with Crippen molar-refractivity contribution in [2.75, 3.05) is 13.6 Å². The molecule has 0 atom stereocenters. The van der Waals surface area contributed by atoms with Crippen molar-refractivity contribution in [2.24, 2.45) is 0 Å². The summed E-state index contributed by atoms with van der Waals surface area (Å²) in [5.74, 6) is -0.112. The Balaban J connectivity index is 1.43. The second-order valence-corrected chi connectivity index (χ2v) is 7.20. The van der Waals surface area contributed by atoms with Crippen molar-refractivity contribution < 1.29 is 9.18 Å². The molecule has 146 valence electrons. The van der Waals surface area contributed by atoms with E-state index in [0.717, 1.165) is 36.2 Å². The fraction of sp³-hybridized carbons (Fsp3) is 0.304. The molecule has 0 spiro atoms. The van der Waals surface area contributed by atoms with Gasteiger partial charge in [-0.1, -0.05) is 42.0 Å². The van der Waals surface area contributed by atoms with Crippen LogP contribution in [-0.4, -0.2) is 34.6 Å². The molecule has 5 heteroatoms. The number of amides is 1. The molecule has 0 saturated heterocycles. The first-order valence-electron chi connectivity index (χ1n) is 9.61. The summed E-state index contributed by atoms with van der Waals surface area (Å²) in [4.78, 5) is 14.1. The first kappa shape index (κ1) is 19.8. The molecule has 3 rings (SSSR count). The molecule has 0 bridgehead atoms. The van der Waals surface area contributed by atoms with E-state index in [0.29, 0.717) is 13.0 Å². The summed E-state index contributed by atoms with van der Waals surface area (Å²) in [5, 5.41) is 7.26. The largest absolute Gasteiger partial charge is 0.346 e. The third-order valence-electron chi connectivity index (χ3n) is 4.83. The minimum Gasteiger partial charge on any atom is -0.346 e. The SMILES string of the molecule is Cc1cccc(CCC(=O)N(C)CCCc2cc(-c3cccc(F)c3)n[nH]2)c1. The summed E-state index contributed by atoms with van der Waals surface area (Å²) in [5.41, 5.74) is 4.89. The number of H-pyrrole nitrogens is 1. The zero-order chi connectivity index (χ0) is 19.9. The Kier molecular flexibility index (Phi) is 6.58. The summed E-state index contributed by atoms with van der Waals surface area (Å²) in [6.07, 6.45) is 2.92. The molecule has 3 aromatic rings. The second-order valence-electron chi connectivity index (χ2n) is 7.20. The van der Waals surface area contributed by atoms with Gasteiger partial charge in [-0.25, -0.2) is 4.39 Å². The maximum atomic E-state index is 13.3. The minimum absolute atomic E-state index is 0.159. The van der Waals surface area contributed by atoms with Crippen LogP contribution in [0.3, 0.4) is 0 Å². The van der Waals surface area contributed by atoms with Gasteiger partial charge in [-0.15, -0.1) is 0 Å². The van der Waals surface area contributed by atoms with Crippen molar-refractivity contribution in [3.8, 4) is 11.3 Å². The van der Waals surface area contributed by atoms with Crippen molar-refractivity contribution in [1.29, 1.82) is 0 Å². The van der Waals surface area contributed by atoms with Gasteiger partial charge in [0.25, 0.3) is 0 Å². The third-order valence-corrected chi connectivity index (χ3v) is 4.83.